The Kier molecular flexibility index (Phi) is 6.95. The number of hydrogen-bond donors (Lipinski definition) is 2. The first-order chi connectivity index (χ1) is 16.1. The minimum atomic E-state index is -1.15. The van der Waals surface area contributed by atoms with Crippen molar-refractivity contribution in [3.05, 3.63) is 107 Å². The van der Waals surface area contributed by atoms with Crippen LogP contribution in [0.1, 0.15) is 33.1 Å². The number of hydrogen-bond acceptors (Lipinski definition) is 4. The minimum absolute atomic E-state index is 0. The Morgan fingerprint density at radius 3 is 1.29 bits per heavy atom. The molecule has 2 aliphatic heterocycles. The van der Waals surface area contributed by atoms with Crippen molar-refractivity contribution < 1.29 is 29.4 Å². The Labute approximate surface area is 208 Å². The fourth-order valence-corrected chi connectivity index (χ4v) is 3.47. The van der Waals surface area contributed by atoms with E-state index in [1.807, 2.05) is 48.6 Å². The van der Waals surface area contributed by atoms with Crippen LogP contribution in [0.4, 0.5) is 0 Å². The molecule has 0 radical (unpaired) electrons. The summed E-state index contributed by atoms with van der Waals surface area (Å²) in [6.07, 6.45) is 8.09. The van der Waals surface area contributed by atoms with Crippen molar-refractivity contribution in [2.45, 2.75) is 0 Å². The summed E-state index contributed by atoms with van der Waals surface area (Å²) >= 11 is 0. The molecular weight excluding hydrogens is 478 g/mol. The van der Waals surface area contributed by atoms with Gasteiger partial charge < -0.3 is 19.9 Å². The maximum absolute atomic E-state index is 10.1. The number of nitrogens with one attached hydrogen (secondary N) is 2. The van der Waals surface area contributed by atoms with Gasteiger partial charge in [0.1, 0.15) is 0 Å². The van der Waals surface area contributed by atoms with Crippen LogP contribution in [-0.4, -0.2) is 25.9 Å². The molecule has 0 unspecified atom stereocenters. The second-order valence-electron chi connectivity index (χ2n) is 7.48. The number of aromatic amines is 2. The molecule has 0 fully saturated rings. The van der Waals surface area contributed by atoms with Crippen LogP contribution in [0.15, 0.2) is 72.8 Å². The number of carboxylic acid groups (broad SMARTS) is 1. The molecule has 160 valence electrons. The predicted molar refractivity (Wildman–Crippen MR) is 128 cm³/mol. The van der Waals surface area contributed by atoms with Crippen LogP contribution in [0, 0.1) is 6.07 Å². The van der Waals surface area contributed by atoms with Gasteiger partial charge in [0.2, 0.25) is 0 Å². The molecule has 0 amide bonds. The summed E-state index contributed by atoms with van der Waals surface area (Å²) in [7, 11) is 0. The van der Waals surface area contributed by atoms with Crippen molar-refractivity contribution in [3.8, 4) is 0 Å². The average molecular weight is 496 g/mol. The van der Waals surface area contributed by atoms with Gasteiger partial charge in [-0.05, 0) is 72.8 Å². The van der Waals surface area contributed by atoms with E-state index in [1.54, 1.807) is 0 Å². The number of carboxylic acids is 1. The van der Waals surface area contributed by atoms with E-state index in [-0.39, 0.29) is 25.0 Å². The standard InChI is InChI=1S/C20H14N4.C7H5O2.Zn/c1-2-14-10-16-5-6-18(23-16)12-20-8-7-19(24-20)11-17-4-3-15(22-17)9-13(1)21-14;8-7(9)6-4-2-1-3-5-6;/h1-12,21,24H;2-5H,(H,8,9);/q;-1;+2/p-1. The van der Waals surface area contributed by atoms with Gasteiger partial charge in [-0.2, -0.15) is 30.3 Å². The van der Waals surface area contributed by atoms with Crippen LogP contribution < -0.4 is 5.11 Å². The van der Waals surface area contributed by atoms with E-state index in [0.717, 1.165) is 44.8 Å². The molecule has 8 bridgehead atoms. The molecule has 3 aromatic heterocycles. The molecule has 34 heavy (non-hydrogen) atoms. The first-order valence-corrected chi connectivity index (χ1v) is 10.3. The average Bonchev–Trinajstić information content (AvgIpc) is 3.61. The maximum atomic E-state index is 10.1. The summed E-state index contributed by atoms with van der Waals surface area (Å²) in [5, 5.41) is 10.1. The van der Waals surface area contributed by atoms with Crippen LogP contribution in [0.2, 0.25) is 0 Å². The van der Waals surface area contributed by atoms with Gasteiger partial charge in [-0.1, -0.05) is 0 Å². The van der Waals surface area contributed by atoms with E-state index in [4.69, 9.17) is 0 Å². The normalized spacial score (nSPS) is 11.3. The number of H-pyrrole nitrogens is 2. The molecule has 0 aliphatic carbocycles. The summed E-state index contributed by atoms with van der Waals surface area (Å²) in [5.74, 6) is -1.15. The monoisotopic (exact) mass is 494 g/mol. The molecule has 4 aromatic rings. The third kappa shape index (κ3) is 5.63. The molecule has 0 spiro atoms. The number of carbonyl (C=O) groups excluding carboxylic acids is 1. The van der Waals surface area contributed by atoms with Gasteiger partial charge >= 0.3 is 19.5 Å². The number of carbonyl (C=O) groups is 1. The van der Waals surface area contributed by atoms with Crippen LogP contribution in [0.5, 0.6) is 0 Å². The Morgan fingerprint density at radius 1 is 0.647 bits per heavy atom. The zero-order chi connectivity index (χ0) is 22.6. The van der Waals surface area contributed by atoms with Gasteiger partial charge in [0.05, 0.1) is 22.8 Å². The molecule has 0 saturated heterocycles. The third-order valence-electron chi connectivity index (χ3n) is 5.00. The number of fused-ring (bicyclic) bond motifs is 8. The molecule has 2 N–H and O–H groups in total. The first-order valence-electron chi connectivity index (χ1n) is 10.3. The van der Waals surface area contributed by atoms with Gasteiger partial charge in [-0.3, -0.25) is 0 Å². The minimum Gasteiger partial charge on any atom is -0.547 e. The SMILES string of the molecule is C1=Cc2cc3ccc(cc4nc(cc5ccc(cc1n2)[nH]5)C=C4)[nH]3.O=C([O-])c1cc[c-]cc1.[Zn+2]. The fourth-order valence-electron chi connectivity index (χ4n) is 3.47. The Morgan fingerprint density at radius 2 is 1.00 bits per heavy atom. The molecule has 0 atom stereocenters. The molecule has 0 saturated carbocycles. The maximum Gasteiger partial charge on any atom is 2.00 e. The van der Waals surface area contributed by atoms with E-state index in [9.17, 15) is 9.90 Å². The Balaban J connectivity index is 0.000000234. The van der Waals surface area contributed by atoms with Crippen molar-refractivity contribution in [2.24, 2.45) is 0 Å². The second-order valence-corrected chi connectivity index (χ2v) is 7.48. The van der Waals surface area contributed by atoms with Crippen molar-refractivity contribution in [1.82, 2.24) is 19.9 Å². The van der Waals surface area contributed by atoms with E-state index in [1.165, 1.54) is 24.3 Å². The van der Waals surface area contributed by atoms with Crippen LogP contribution in [-0.2, 0) is 19.5 Å². The predicted octanol–water partition coefficient (Wildman–Crippen LogP) is 4.50. The number of rotatable bonds is 1. The Hall–Kier alpha value is -4.09. The Bertz CT molecular complexity index is 1370. The summed E-state index contributed by atoms with van der Waals surface area (Å²) < 4.78 is 0. The first kappa shape index (κ1) is 23.1. The smallest absolute Gasteiger partial charge is 0.547 e. The molecular formula is C27H18N4O2Zn. The summed E-state index contributed by atoms with van der Waals surface area (Å²) in [5.41, 5.74) is 8.05. The largest absolute Gasteiger partial charge is 2.00 e. The van der Waals surface area contributed by atoms with E-state index < -0.39 is 5.97 Å². The summed E-state index contributed by atoms with van der Waals surface area (Å²) in [6, 6.07) is 25.0. The van der Waals surface area contributed by atoms with Crippen LogP contribution >= 0.6 is 0 Å². The van der Waals surface area contributed by atoms with Crippen LogP contribution in [0.3, 0.4) is 0 Å². The van der Waals surface area contributed by atoms with Crippen molar-refractivity contribution in [2.75, 3.05) is 0 Å². The van der Waals surface area contributed by atoms with Crippen molar-refractivity contribution in [3.63, 3.8) is 0 Å². The molecule has 6 rings (SSSR count). The fraction of sp³-hybridized carbons (Fsp3) is 0. The van der Waals surface area contributed by atoms with Gasteiger partial charge in [0.15, 0.2) is 0 Å². The van der Waals surface area contributed by atoms with E-state index >= 15 is 0 Å². The van der Waals surface area contributed by atoms with Crippen molar-refractivity contribution >= 4 is 52.3 Å². The van der Waals surface area contributed by atoms with Crippen LogP contribution in [0.25, 0.3) is 46.4 Å². The van der Waals surface area contributed by atoms with Crippen molar-refractivity contribution in [1.29, 1.82) is 0 Å². The van der Waals surface area contributed by atoms with E-state index in [0.29, 0.717) is 0 Å². The van der Waals surface area contributed by atoms with Gasteiger partial charge in [0.25, 0.3) is 0 Å². The van der Waals surface area contributed by atoms with Gasteiger partial charge in [-0.25, -0.2) is 9.97 Å². The topological polar surface area (TPSA) is 97.5 Å². The number of aromatic nitrogens is 4. The molecule has 5 heterocycles. The second kappa shape index (κ2) is 10.2. The van der Waals surface area contributed by atoms with E-state index in [2.05, 4.69) is 50.3 Å². The van der Waals surface area contributed by atoms with Gasteiger partial charge in [0, 0.05) is 28.0 Å². The summed E-state index contributed by atoms with van der Waals surface area (Å²) in [4.78, 5) is 26.1. The number of aromatic carboxylic acids is 1. The molecule has 1 aromatic carbocycles. The third-order valence-corrected chi connectivity index (χ3v) is 5.00. The number of benzene rings is 1. The van der Waals surface area contributed by atoms with Gasteiger partial charge in [-0.15, -0.1) is 5.56 Å². The number of nitrogens with zero attached hydrogens (tertiary/aromatic N) is 2. The quantitative estimate of drug-likeness (QED) is 0.259. The molecule has 7 heteroatoms. The zero-order valence-electron chi connectivity index (χ0n) is 18.2. The summed E-state index contributed by atoms with van der Waals surface area (Å²) in [6.45, 7) is 0. The molecule has 2 aliphatic rings. The zero-order valence-corrected chi connectivity index (χ0v) is 21.1. The molecule has 6 nitrogen and oxygen atoms in total.